The van der Waals surface area contributed by atoms with E-state index in [1.54, 1.807) is 0 Å². The van der Waals surface area contributed by atoms with Crippen molar-refractivity contribution in [2.45, 2.75) is 71.3 Å². The van der Waals surface area contributed by atoms with Crippen LogP contribution in [0.4, 0.5) is 17.1 Å². The molecular weight excluding hydrogens is 494 g/mol. The molecule has 0 aromatic heterocycles. The smallest absolute Gasteiger partial charge is 0.227 e. The Morgan fingerprint density at radius 3 is 2.25 bits per heavy atom. The van der Waals surface area contributed by atoms with E-state index in [0.717, 1.165) is 67.0 Å². The number of benzene rings is 3. The Labute approximate surface area is 238 Å². The van der Waals surface area contributed by atoms with Gasteiger partial charge < -0.3 is 10.2 Å². The number of carbonyl (C=O) groups is 2. The molecule has 0 spiro atoms. The highest BCUT2D eigenvalue weighted by atomic mass is 16.2. The van der Waals surface area contributed by atoms with E-state index in [-0.39, 0.29) is 17.6 Å². The van der Waals surface area contributed by atoms with E-state index in [1.165, 1.54) is 11.3 Å². The second-order valence-corrected chi connectivity index (χ2v) is 10.9. The number of anilines is 3. The summed E-state index contributed by atoms with van der Waals surface area (Å²) < 4.78 is 0. The summed E-state index contributed by atoms with van der Waals surface area (Å²) in [4.78, 5) is 32.3. The minimum Gasteiger partial charge on any atom is -0.372 e. The molecule has 40 heavy (non-hydrogen) atoms. The van der Waals surface area contributed by atoms with Gasteiger partial charge in [0.05, 0.1) is 17.4 Å². The van der Waals surface area contributed by atoms with Crippen LogP contribution in [-0.4, -0.2) is 24.8 Å². The topological polar surface area (TPSA) is 52.7 Å². The molecule has 1 aliphatic heterocycles. The molecule has 1 amide bonds. The molecule has 5 heteroatoms. The SMILES string of the molecule is CCCCCC(=O)N1c2ccccc2NC2=C(C(=O)CC(c3ccc(N(CC)CC)cc3)C2)C1c1ccccc1. The highest BCUT2D eigenvalue weighted by molar-refractivity contribution is 6.06. The van der Waals surface area contributed by atoms with Crippen LogP contribution in [0.15, 0.2) is 90.1 Å². The fraction of sp³-hybridized carbons (Fsp3) is 0.371. The van der Waals surface area contributed by atoms with E-state index >= 15 is 0 Å². The van der Waals surface area contributed by atoms with Crippen molar-refractivity contribution in [2.75, 3.05) is 28.2 Å². The average Bonchev–Trinajstić information content (AvgIpc) is 3.13. The second-order valence-electron chi connectivity index (χ2n) is 10.9. The molecular formula is C35H41N3O2. The number of allylic oxidation sites excluding steroid dienone is 1. The van der Waals surface area contributed by atoms with Crippen molar-refractivity contribution in [1.82, 2.24) is 0 Å². The van der Waals surface area contributed by atoms with Gasteiger partial charge in [-0.25, -0.2) is 0 Å². The van der Waals surface area contributed by atoms with Gasteiger partial charge >= 0.3 is 0 Å². The Kier molecular flexibility index (Phi) is 8.69. The van der Waals surface area contributed by atoms with Crippen molar-refractivity contribution >= 4 is 28.8 Å². The zero-order valence-electron chi connectivity index (χ0n) is 24.0. The molecule has 2 atom stereocenters. The van der Waals surface area contributed by atoms with Crippen LogP contribution in [-0.2, 0) is 9.59 Å². The summed E-state index contributed by atoms with van der Waals surface area (Å²) in [5, 5.41) is 3.65. The molecule has 1 heterocycles. The van der Waals surface area contributed by atoms with Crippen LogP contribution >= 0.6 is 0 Å². The first kappa shape index (κ1) is 27.7. The maximum atomic E-state index is 14.2. The molecule has 3 aromatic rings. The minimum atomic E-state index is -0.458. The summed E-state index contributed by atoms with van der Waals surface area (Å²) in [5.41, 5.74) is 6.72. The van der Waals surface area contributed by atoms with Crippen molar-refractivity contribution in [2.24, 2.45) is 0 Å². The van der Waals surface area contributed by atoms with Gasteiger partial charge in [-0.1, -0.05) is 74.4 Å². The lowest BCUT2D eigenvalue weighted by Gasteiger charge is -2.35. The van der Waals surface area contributed by atoms with Crippen LogP contribution in [0, 0.1) is 0 Å². The molecule has 208 valence electrons. The standard InChI is InChI=1S/C35H41N3O2/c1-4-7-9-18-33(40)38-31-17-13-12-16-29(31)36-30-23-27(25-19-21-28(22-20-25)37(5-2)6-3)24-32(39)34(30)35(38)26-14-10-8-11-15-26/h8,10-17,19-22,27,35-36H,4-7,9,18,23-24H2,1-3H3. The predicted molar refractivity (Wildman–Crippen MR) is 165 cm³/mol. The molecule has 2 aliphatic rings. The number of rotatable bonds is 9. The fourth-order valence-electron chi connectivity index (χ4n) is 6.24. The summed E-state index contributed by atoms with van der Waals surface area (Å²) >= 11 is 0. The van der Waals surface area contributed by atoms with Gasteiger partial charge in [0.15, 0.2) is 5.78 Å². The van der Waals surface area contributed by atoms with Gasteiger partial charge in [0.2, 0.25) is 5.91 Å². The summed E-state index contributed by atoms with van der Waals surface area (Å²) in [7, 11) is 0. The second kappa shape index (κ2) is 12.5. The van der Waals surface area contributed by atoms with Crippen molar-refractivity contribution in [3.8, 4) is 0 Å². The van der Waals surface area contributed by atoms with Crippen LogP contribution in [0.25, 0.3) is 0 Å². The van der Waals surface area contributed by atoms with Gasteiger partial charge in [0.1, 0.15) is 0 Å². The Morgan fingerprint density at radius 2 is 1.55 bits per heavy atom. The maximum Gasteiger partial charge on any atom is 0.227 e. The summed E-state index contributed by atoms with van der Waals surface area (Å²) in [6.45, 7) is 8.41. The van der Waals surface area contributed by atoms with E-state index in [0.29, 0.717) is 12.8 Å². The van der Waals surface area contributed by atoms with Gasteiger partial charge in [-0.05, 0) is 68.0 Å². The number of amides is 1. The molecule has 2 unspecified atom stereocenters. The van der Waals surface area contributed by atoms with Crippen LogP contribution in [0.1, 0.15) is 82.4 Å². The van der Waals surface area contributed by atoms with E-state index in [2.05, 4.69) is 55.3 Å². The van der Waals surface area contributed by atoms with E-state index in [9.17, 15) is 9.59 Å². The lowest BCUT2D eigenvalue weighted by atomic mass is 9.78. The van der Waals surface area contributed by atoms with Crippen LogP contribution < -0.4 is 15.1 Å². The first-order valence-corrected chi connectivity index (χ1v) is 14.9. The molecule has 0 radical (unpaired) electrons. The molecule has 1 N–H and O–H groups in total. The van der Waals surface area contributed by atoms with Crippen LogP contribution in [0.3, 0.4) is 0 Å². The summed E-state index contributed by atoms with van der Waals surface area (Å²) in [6, 6.07) is 26.3. The highest BCUT2D eigenvalue weighted by Gasteiger charge is 2.41. The normalized spacial score (nSPS) is 18.5. The Hall–Kier alpha value is -3.86. The third kappa shape index (κ3) is 5.56. The zero-order valence-corrected chi connectivity index (χ0v) is 24.0. The van der Waals surface area contributed by atoms with E-state index in [1.807, 2.05) is 59.5 Å². The van der Waals surface area contributed by atoms with Gasteiger partial charge in [-0.2, -0.15) is 0 Å². The molecule has 5 nitrogen and oxygen atoms in total. The Bertz CT molecular complexity index is 1360. The van der Waals surface area contributed by atoms with Crippen LogP contribution in [0.5, 0.6) is 0 Å². The molecule has 5 rings (SSSR count). The van der Waals surface area contributed by atoms with Crippen molar-refractivity contribution in [1.29, 1.82) is 0 Å². The molecule has 0 saturated carbocycles. The first-order valence-electron chi connectivity index (χ1n) is 14.9. The lowest BCUT2D eigenvalue weighted by molar-refractivity contribution is -0.119. The average molecular weight is 536 g/mol. The number of hydrogen-bond donors (Lipinski definition) is 1. The van der Waals surface area contributed by atoms with Crippen LogP contribution in [0.2, 0.25) is 0 Å². The minimum absolute atomic E-state index is 0.0622. The highest BCUT2D eigenvalue weighted by Crippen LogP contribution is 2.47. The van der Waals surface area contributed by atoms with E-state index in [4.69, 9.17) is 0 Å². The van der Waals surface area contributed by atoms with Gasteiger partial charge in [0.25, 0.3) is 0 Å². The van der Waals surface area contributed by atoms with Gasteiger partial charge in [-0.15, -0.1) is 0 Å². The molecule has 0 fully saturated rings. The molecule has 1 aliphatic carbocycles. The number of unbranched alkanes of at least 4 members (excludes halogenated alkanes) is 2. The lowest BCUT2D eigenvalue weighted by Crippen LogP contribution is -2.38. The van der Waals surface area contributed by atoms with Crippen molar-refractivity contribution in [3.63, 3.8) is 0 Å². The Balaban J connectivity index is 1.57. The number of hydrogen-bond acceptors (Lipinski definition) is 4. The fourth-order valence-corrected chi connectivity index (χ4v) is 6.24. The number of carbonyl (C=O) groups excluding carboxylic acids is 2. The predicted octanol–water partition coefficient (Wildman–Crippen LogP) is 8.01. The van der Waals surface area contributed by atoms with Crippen molar-refractivity contribution < 1.29 is 9.59 Å². The molecule has 3 aromatic carbocycles. The number of fused-ring (bicyclic) bond motifs is 1. The summed E-state index contributed by atoms with van der Waals surface area (Å²) in [5.74, 6) is 0.256. The molecule has 0 bridgehead atoms. The number of para-hydroxylation sites is 2. The van der Waals surface area contributed by atoms with Gasteiger partial charge in [0, 0.05) is 42.9 Å². The largest absolute Gasteiger partial charge is 0.372 e. The third-order valence-corrected chi connectivity index (χ3v) is 8.36. The third-order valence-electron chi connectivity index (χ3n) is 8.36. The number of ketones is 1. The summed E-state index contributed by atoms with van der Waals surface area (Å²) in [6.07, 6.45) is 4.53. The van der Waals surface area contributed by atoms with Crippen molar-refractivity contribution in [3.05, 3.63) is 101 Å². The number of nitrogens with one attached hydrogen (secondary N) is 1. The van der Waals surface area contributed by atoms with E-state index < -0.39 is 6.04 Å². The molecule has 0 saturated heterocycles. The Morgan fingerprint density at radius 1 is 0.850 bits per heavy atom. The monoisotopic (exact) mass is 535 g/mol. The van der Waals surface area contributed by atoms with Gasteiger partial charge in [-0.3, -0.25) is 14.5 Å². The quantitative estimate of drug-likeness (QED) is 0.282. The number of Topliss-reactive ketones (excluding diaryl/α,β-unsaturated/α-hetero) is 1. The number of nitrogens with zero attached hydrogens (tertiary/aromatic N) is 2. The zero-order chi connectivity index (χ0) is 28.1. The first-order chi connectivity index (χ1) is 19.5. The maximum absolute atomic E-state index is 14.2.